The minimum atomic E-state index is -0.0125. The fourth-order valence-electron chi connectivity index (χ4n) is 1.84. The van der Waals surface area contributed by atoms with Gasteiger partial charge in [0.2, 0.25) is 0 Å². The smallest absolute Gasteiger partial charge is 0.267 e. The van der Waals surface area contributed by atoms with E-state index < -0.39 is 0 Å². The van der Waals surface area contributed by atoms with Crippen LogP contribution in [0.2, 0.25) is 0 Å². The van der Waals surface area contributed by atoms with E-state index in [1.54, 1.807) is 10.9 Å². The quantitative estimate of drug-likeness (QED) is 0.694. The van der Waals surface area contributed by atoms with Crippen molar-refractivity contribution in [1.29, 1.82) is 0 Å². The maximum atomic E-state index is 12.2. The van der Waals surface area contributed by atoms with Gasteiger partial charge in [0.15, 0.2) is 0 Å². The monoisotopic (exact) mass is 436 g/mol. The highest BCUT2D eigenvalue weighted by Crippen LogP contribution is 2.21. The van der Waals surface area contributed by atoms with Crippen LogP contribution in [0.4, 0.5) is 0 Å². The molecule has 0 aliphatic rings. The Bertz CT molecular complexity index is 677. The zero-order valence-electron chi connectivity index (χ0n) is 10.9. The number of hydrogen-bond acceptors (Lipinski definition) is 3. The highest BCUT2D eigenvalue weighted by molar-refractivity contribution is 14.1. The molecule has 0 bridgehead atoms. The van der Waals surface area contributed by atoms with Crippen molar-refractivity contribution >= 4 is 38.5 Å². The normalized spacial score (nSPS) is 11.0. The van der Waals surface area contributed by atoms with Crippen molar-refractivity contribution in [1.82, 2.24) is 19.3 Å². The molecule has 0 saturated heterocycles. The minimum Gasteiger partial charge on any atom is -0.292 e. The van der Waals surface area contributed by atoms with Crippen molar-refractivity contribution in [3.8, 4) is 0 Å². The van der Waals surface area contributed by atoms with E-state index in [2.05, 4.69) is 26.0 Å². The van der Waals surface area contributed by atoms with E-state index in [1.807, 2.05) is 48.0 Å². The number of hydrogen-bond donors (Lipinski definition) is 0. The van der Waals surface area contributed by atoms with E-state index in [0.29, 0.717) is 10.1 Å². The van der Waals surface area contributed by atoms with Crippen LogP contribution in [0.15, 0.2) is 15.6 Å². The Morgan fingerprint density at radius 2 is 2.05 bits per heavy atom. The van der Waals surface area contributed by atoms with E-state index in [9.17, 15) is 4.79 Å². The molecular weight excluding hydrogens is 423 g/mol. The molecule has 0 saturated carbocycles. The van der Waals surface area contributed by atoms with Crippen LogP contribution in [0.1, 0.15) is 24.0 Å². The second kappa shape index (κ2) is 5.74. The highest BCUT2D eigenvalue weighted by atomic mass is 127. The van der Waals surface area contributed by atoms with Crippen LogP contribution in [-0.2, 0) is 13.1 Å². The fraction of sp³-hybridized carbons (Fsp3) is 0.417. The van der Waals surface area contributed by atoms with Crippen molar-refractivity contribution in [2.45, 2.75) is 33.9 Å². The van der Waals surface area contributed by atoms with Crippen molar-refractivity contribution in [2.24, 2.45) is 0 Å². The third kappa shape index (κ3) is 2.76. The third-order valence-electron chi connectivity index (χ3n) is 2.93. The Morgan fingerprint density at radius 1 is 1.37 bits per heavy atom. The number of rotatable bonds is 3. The molecule has 102 valence electrons. The van der Waals surface area contributed by atoms with Gasteiger partial charge in [-0.15, -0.1) is 0 Å². The first-order valence-electron chi connectivity index (χ1n) is 5.89. The molecule has 2 heterocycles. The second-order valence-corrected chi connectivity index (χ2v) is 6.11. The van der Waals surface area contributed by atoms with Gasteiger partial charge in [0, 0.05) is 6.54 Å². The van der Waals surface area contributed by atoms with Crippen LogP contribution < -0.4 is 5.56 Å². The molecule has 19 heavy (non-hydrogen) atoms. The van der Waals surface area contributed by atoms with Crippen molar-refractivity contribution < 1.29 is 0 Å². The van der Waals surface area contributed by atoms with Crippen LogP contribution in [0.5, 0.6) is 0 Å². The SMILES string of the molecule is CCn1nc(C)c(Br)c1Cn1cnc(C)c(I)c1=O. The Hall–Kier alpha value is -0.700. The van der Waals surface area contributed by atoms with Crippen LogP contribution in [0.25, 0.3) is 0 Å². The molecule has 7 heteroatoms. The first kappa shape index (κ1) is 14.7. The number of aromatic nitrogens is 4. The summed E-state index contributed by atoms with van der Waals surface area (Å²) in [5.41, 5.74) is 2.67. The van der Waals surface area contributed by atoms with Gasteiger partial charge >= 0.3 is 0 Å². The Labute approximate surface area is 133 Å². The molecule has 0 aliphatic carbocycles. The molecule has 0 spiro atoms. The predicted octanol–water partition coefficient (Wildman–Crippen LogP) is 2.49. The molecule has 5 nitrogen and oxygen atoms in total. The van der Waals surface area contributed by atoms with E-state index in [-0.39, 0.29) is 5.56 Å². The molecule has 0 radical (unpaired) electrons. The molecule has 0 fully saturated rings. The van der Waals surface area contributed by atoms with Crippen LogP contribution >= 0.6 is 38.5 Å². The molecule has 0 amide bonds. The van der Waals surface area contributed by atoms with Gasteiger partial charge in [0.05, 0.1) is 38.0 Å². The molecule has 2 rings (SSSR count). The maximum absolute atomic E-state index is 12.2. The van der Waals surface area contributed by atoms with Crippen molar-refractivity contribution in [3.63, 3.8) is 0 Å². The van der Waals surface area contributed by atoms with E-state index >= 15 is 0 Å². The van der Waals surface area contributed by atoms with Crippen molar-refractivity contribution in [3.05, 3.63) is 41.8 Å². The molecular formula is C12H14BrIN4O. The Morgan fingerprint density at radius 3 is 2.68 bits per heavy atom. The molecule has 0 aromatic carbocycles. The molecule has 2 aromatic heterocycles. The third-order valence-corrected chi connectivity index (χ3v) is 5.20. The van der Waals surface area contributed by atoms with Crippen LogP contribution in [0, 0.1) is 17.4 Å². The first-order chi connectivity index (χ1) is 8.95. The van der Waals surface area contributed by atoms with Crippen molar-refractivity contribution in [2.75, 3.05) is 0 Å². The van der Waals surface area contributed by atoms with Gasteiger partial charge in [-0.25, -0.2) is 4.98 Å². The zero-order chi connectivity index (χ0) is 14.2. The summed E-state index contributed by atoms with van der Waals surface area (Å²) in [6.07, 6.45) is 1.59. The average molecular weight is 437 g/mol. The summed E-state index contributed by atoms with van der Waals surface area (Å²) in [4.78, 5) is 16.4. The van der Waals surface area contributed by atoms with Crippen LogP contribution in [-0.4, -0.2) is 19.3 Å². The van der Waals surface area contributed by atoms with E-state index in [1.165, 1.54) is 0 Å². The van der Waals surface area contributed by atoms with E-state index in [0.717, 1.165) is 28.1 Å². The molecule has 0 aliphatic heterocycles. The summed E-state index contributed by atoms with van der Waals surface area (Å²) in [6.45, 7) is 7.05. The number of halogens is 2. The summed E-state index contributed by atoms with van der Waals surface area (Å²) in [5, 5.41) is 4.43. The molecule has 0 atom stereocenters. The number of nitrogens with zero attached hydrogens (tertiary/aromatic N) is 4. The largest absolute Gasteiger partial charge is 0.292 e. The summed E-state index contributed by atoms with van der Waals surface area (Å²) in [5.74, 6) is 0. The van der Waals surface area contributed by atoms with Gasteiger partial charge in [-0.1, -0.05) is 0 Å². The van der Waals surface area contributed by atoms with Gasteiger partial charge < -0.3 is 0 Å². The molecule has 0 unspecified atom stereocenters. The number of aryl methyl sites for hydroxylation is 3. The minimum absolute atomic E-state index is 0.0125. The fourth-order valence-corrected chi connectivity index (χ4v) is 2.70. The van der Waals surface area contributed by atoms with Gasteiger partial charge in [-0.3, -0.25) is 14.0 Å². The lowest BCUT2D eigenvalue weighted by molar-refractivity contribution is 0.585. The lowest BCUT2D eigenvalue weighted by Gasteiger charge is -2.09. The lowest BCUT2D eigenvalue weighted by Crippen LogP contribution is -2.25. The topological polar surface area (TPSA) is 52.7 Å². The van der Waals surface area contributed by atoms with Gasteiger partial charge in [0.25, 0.3) is 5.56 Å². The van der Waals surface area contributed by atoms with Gasteiger partial charge in [-0.2, -0.15) is 5.10 Å². The summed E-state index contributed by atoms with van der Waals surface area (Å²) in [6, 6.07) is 0. The summed E-state index contributed by atoms with van der Waals surface area (Å²) >= 11 is 5.57. The van der Waals surface area contributed by atoms with E-state index in [4.69, 9.17) is 0 Å². The molecule has 0 N–H and O–H groups in total. The summed E-state index contributed by atoms with van der Waals surface area (Å²) in [7, 11) is 0. The zero-order valence-corrected chi connectivity index (χ0v) is 14.7. The Kier molecular flexibility index (Phi) is 4.44. The maximum Gasteiger partial charge on any atom is 0.267 e. The Balaban J connectivity index is 2.48. The van der Waals surface area contributed by atoms with Crippen LogP contribution in [0.3, 0.4) is 0 Å². The van der Waals surface area contributed by atoms with Gasteiger partial charge in [-0.05, 0) is 59.3 Å². The molecule has 2 aromatic rings. The predicted molar refractivity (Wildman–Crippen MR) is 85.4 cm³/mol. The second-order valence-electron chi connectivity index (χ2n) is 4.24. The average Bonchev–Trinajstić information content (AvgIpc) is 2.66. The first-order valence-corrected chi connectivity index (χ1v) is 7.76. The van der Waals surface area contributed by atoms with Gasteiger partial charge in [0.1, 0.15) is 0 Å². The standard InChI is InChI=1S/C12H14BrIN4O/c1-4-18-9(10(13)7(2)16-18)5-17-6-15-8(3)11(14)12(17)19/h6H,4-5H2,1-3H3. The lowest BCUT2D eigenvalue weighted by atomic mass is 10.3. The highest BCUT2D eigenvalue weighted by Gasteiger charge is 2.14. The summed E-state index contributed by atoms with van der Waals surface area (Å²) < 4.78 is 5.13.